The first-order valence-corrected chi connectivity index (χ1v) is 8.84. The topological polar surface area (TPSA) is 72.2 Å². The minimum absolute atomic E-state index is 0.0368. The Balaban J connectivity index is 1.69. The van der Waals surface area contributed by atoms with Gasteiger partial charge in [-0.15, -0.1) is 5.10 Å². The van der Waals surface area contributed by atoms with E-state index in [4.69, 9.17) is 0 Å². The van der Waals surface area contributed by atoms with E-state index in [0.717, 1.165) is 23.9 Å². The minimum Gasteiger partial charge on any atom is -0.324 e. The fraction of sp³-hybridized carbons (Fsp3) is 0.471. The summed E-state index contributed by atoms with van der Waals surface area (Å²) < 4.78 is 79.1. The molecule has 0 radical (unpaired) electrons. The predicted molar refractivity (Wildman–Crippen MR) is 92.8 cm³/mol. The summed E-state index contributed by atoms with van der Waals surface area (Å²) in [6.07, 6.45) is -9.18. The summed E-state index contributed by atoms with van der Waals surface area (Å²) in [6.45, 7) is 0.0735. The maximum Gasteiger partial charge on any atom is 0.451 e. The Kier molecular flexibility index (Phi) is 5.56. The van der Waals surface area contributed by atoms with Gasteiger partial charge >= 0.3 is 24.1 Å². The molecule has 7 nitrogen and oxygen atoms in total. The second-order valence-corrected chi connectivity index (χ2v) is 6.80. The van der Waals surface area contributed by atoms with E-state index in [1.165, 1.54) is 17.0 Å². The van der Waals surface area contributed by atoms with E-state index in [0.29, 0.717) is 4.57 Å². The standard InChI is InChI=1S/C17H17F6N5O2/c1-26-13(17(21,22)23)25-28(15(26)30)10-6-8-27(9-7-10)14(29)24-12-5-3-2-4-11(12)16(18,19)20/h2-5,10H,6-9H2,1H3,(H,24,29). The van der Waals surface area contributed by atoms with Crippen LogP contribution < -0.4 is 11.0 Å². The molecule has 0 bridgehead atoms. The van der Waals surface area contributed by atoms with Gasteiger partial charge in [-0.05, 0) is 25.0 Å². The van der Waals surface area contributed by atoms with Crippen molar-refractivity contribution in [2.24, 2.45) is 7.05 Å². The number of aromatic nitrogens is 3. The lowest BCUT2D eigenvalue weighted by Crippen LogP contribution is -2.43. The highest BCUT2D eigenvalue weighted by atomic mass is 19.4. The molecule has 1 fully saturated rings. The first-order valence-electron chi connectivity index (χ1n) is 8.84. The molecule has 0 atom stereocenters. The van der Waals surface area contributed by atoms with Crippen LogP contribution in [0.5, 0.6) is 0 Å². The first-order chi connectivity index (χ1) is 13.9. The maximum atomic E-state index is 13.1. The van der Waals surface area contributed by atoms with Crippen molar-refractivity contribution in [2.75, 3.05) is 18.4 Å². The van der Waals surface area contributed by atoms with Gasteiger partial charge in [0, 0.05) is 20.1 Å². The quantitative estimate of drug-likeness (QED) is 0.732. The zero-order chi connectivity index (χ0) is 22.3. The Labute approximate surface area is 165 Å². The molecule has 2 heterocycles. The molecule has 1 aliphatic heterocycles. The highest BCUT2D eigenvalue weighted by molar-refractivity contribution is 5.90. The van der Waals surface area contributed by atoms with Crippen molar-refractivity contribution in [1.82, 2.24) is 19.2 Å². The maximum absolute atomic E-state index is 13.1. The Morgan fingerprint density at radius 2 is 1.67 bits per heavy atom. The van der Waals surface area contributed by atoms with Crippen molar-refractivity contribution >= 4 is 11.7 Å². The smallest absolute Gasteiger partial charge is 0.324 e. The minimum atomic E-state index is -4.79. The molecule has 1 aliphatic rings. The Bertz CT molecular complexity index is 986. The first kappa shape index (κ1) is 21.7. The number of alkyl halides is 6. The Morgan fingerprint density at radius 3 is 2.20 bits per heavy atom. The van der Waals surface area contributed by atoms with Crippen LogP contribution in [0, 0.1) is 0 Å². The molecule has 1 N–H and O–H groups in total. The second-order valence-electron chi connectivity index (χ2n) is 6.80. The fourth-order valence-electron chi connectivity index (χ4n) is 3.29. The van der Waals surface area contributed by atoms with Crippen molar-refractivity contribution < 1.29 is 31.1 Å². The molecule has 0 saturated carbocycles. The van der Waals surface area contributed by atoms with Crippen molar-refractivity contribution in [3.05, 3.63) is 46.1 Å². The summed E-state index contributed by atoms with van der Waals surface area (Å²) in [5.74, 6) is -1.32. The lowest BCUT2D eigenvalue weighted by Gasteiger charge is -2.31. The third-order valence-corrected chi connectivity index (χ3v) is 4.83. The van der Waals surface area contributed by atoms with Crippen LogP contribution in [0.4, 0.5) is 36.8 Å². The summed E-state index contributed by atoms with van der Waals surface area (Å²) in [5, 5.41) is 5.59. The number of hydrogen-bond acceptors (Lipinski definition) is 3. The number of hydrogen-bond donors (Lipinski definition) is 1. The molecule has 0 aliphatic carbocycles. The van der Waals surface area contributed by atoms with Crippen molar-refractivity contribution in [3.8, 4) is 0 Å². The molecule has 1 aromatic heterocycles. The number of urea groups is 1. The SMILES string of the molecule is Cn1c(C(F)(F)F)nn(C2CCN(C(=O)Nc3ccccc3C(F)(F)F)CC2)c1=O. The van der Waals surface area contributed by atoms with Crippen LogP contribution in [0.15, 0.2) is 29.1 Å². The van der Waals surface area contributed by atoms with E-state index >= 15 is 0 Å². The number of carbonyl (C=O) groups is 1. The molecule has 13 heteroatoms. The van der Waals surface area contributed by atoms with Crippen LogP contribution in [0.1, 0.15) is 30.3 Å². The number of rotatable bonds is 2. The van der Waals surface area contributed by atoms with Crippen LogP contribution in [-0.4, -0.2) is 38.4 Å². The molecule has 0 spiro atoms. The van der Waals surface area contributed by atoms with Crippen molar-refractivity contribution in [2.45, 2.75) is 31.2 Å². The predicted octanol–water partition coefficient (Wildman–Crippen LogP) is 3.49. The van der Waals surface area contributed by atoms with E-state index in [1.807, 2.05) is 0 Å². The molecular weight excluding hydrogens is 420 g/mol. The zero-order valence-corrected chi connectivity index (χ0v) is 15.6. The lowest BCUT2D eigenvalue weighted by atomic mass is 10.1. The van der Waals surface area contributed by atoms with E-state index in [1.54, 1.807) is 0 Å². The van der Waals surface area contributed by atoms with Gasteiger partial charge in [0.15, 0.2) is 0 Å². The van der Waals surface area contributed by atoms with Gasteiger partial charge < -0.3 is 10.2 Å². The van der Waals surface area contributed by atoms with Crippen molar-refractivity contribution in [3.63, 3.8) is 0 Å². The van der Waals surface area contributed by atoms with Gasteiger partial charge in [-0.3, -0.25) is 4.57 Å². The third-order valence-electron chi connectivity index (χ3n) is 4.83. The number of nitrogens with one attached hydrogen (secondary N) is 1. The van der Waals surface area contributed by atoms with Crippen LogP contribution in [0.25, 0.3) is 0 Å². The van der Waals surface area contributed by atoms with E-state index in [-0.39, 0.29) is 25.9 Å². The fourth-order valence-corrected chi connectivity index (χ4v) is 3.29. The number of carbonyl (C=O) groups excluding carboxylic acids is 1. The molecular formula is C17H17F6N5O2. The number of likely N-dealkylation sites (tertiary alicyclic amines) is 1. The molecule has 2 amide bonds. The Morgan fingerprint density at radius 1 is 1.07 bits per heavy atom. The molecule has 164 valence electrons. The molecule has 3 rings (SSSR count). The van der Waals surface area contributed by atoms with Gasteiger partial charge in [-0.1, -0.05) is 12.1 Å². The van der Waals surface area contributed by atoms with Gasteiger partial charge in [0.25, 0.3) is 0 Å². The van der Waals surface area contributed by atoms with Crippen molar-refractivity contribution in [1.29, 1.82) is 0 Å². The highest BCUT2D eigenvalue weighted by Crippen LogP contribution is 2.35. The van der Waals surface area contributed by atoms with Crippen LogP contribution >= 0.6 is 0 Å². The van der Waals surface area contributed by atoms with Crippen LogP contribution in [0.2, 0.25) is 0 Å². The summed E-state index contributed by atoms with van der Waals surface area (Å²) in [6, 6.07) is 3.08. The molecule has 30 heavy (non-hydrogen) atoms. The van der Waals surface area contributed by atoms with E-state index in [9.17, 15) is 35.9 Å². The number of halogens is 6. The second kappa shape index (κ2) is 7.69. The Hall–Kier alpha value is -2.99. The molecule has 1 saturated heterocycles. The van der Waals surface area contributed by atoms with Gasteiger partial charge in [-0.2, -0.15) is 26.3 Å². The number of benzene rings is 1. The summed E-state index contributed by atoms with van der Waals surface area (Å²) in [5.41, 5.74) is -2.31. The molecule has 1 aromatic carbocycles. The number of piperidine rings is 1. The number of anilines is 1. The average molecular weight is 437 g/mol. The van der Waals surface area contributed by atoms with Gasteiger partial charge in [0.2, 0.25) is 5.82 Å². The number of amides is 2. The average Bonchev–Trinajstić information content (AvgIpc) is 2.97. The highest BCUT2D eigenvalue weighted by Gasteiger charge is 2.39. The van der Waals surface area contributed by atoms with Crippen LogP contribution in [-0.2, 0) is 19.4 Å². The van der Waals surface area contributed by atoms with Gasteiger partial charge in [0.1, 0.15) is 0 Å². The van der Waals surface area contributed by atoms with Gasteiger partial charge in [-0.25, -0.2) is 14.3 Å². The summed E-state index contributed by atoms with van der Waals surface area (Å²) in [4.78, 5) is 25.7. The van der Waals surface area contributed by atoms with Gasteiger partial charge in [0.05, 0.1) is 17.3 Å². The van der Waals surface area contributed by atoms with Crippen LogP contribution in [0.3, 0.4) is 0 Å². The van der Waals surface area contributed by atoms with E-state index < -0.39 is 47.2 Å². The number of nitrogens with zero attached hydrogens (tertiary/aromatic N) is 4. The normalized spacial score (nSPS) is 16.0. The largest absolute Gasteiger partial charge is 0.451 e. The zero-order valence-electron chi connectivity index (χ0n) is 15.6. The summed E-state index contributed by atoms with van der Waals surface area (Å²) in [7, 11) is 0.968. The third kappa shape index (κ3) is 4.28. The monoisotopic (exact) mass is 437 g/mol. The summed E-state index contributed by atoms with van der Waals surface area (Å²) >= 11 is 0. The number of para-hydroxylation sites is 1. The lowest BCUT2D eigenvalue weighted by molar-refractivity contribution is -0.147. The molecule has 0 unspecified atom stereocenters. The molecule has 2 aromatic rings. The van der Waals surface area contributed by atoms with E-state index in [2.05, 4.69) is 10.4 Å².